The predicted octanol–water partition coefficient (Wildman–Crippen LogP) is 3.29. The van der Waals surface area contributed by atoms with Crippen LogP contribution in [0.15, 0.2) is 53.9 Å². The number of nitrogens with zero attached hydrogens (tertiary/aromatic N) is 1. The number of fused-ring (bicyclic) bond motifs is 3. The summed E-state index contributed by atoms with van der Waals surface area (Å²) < 4.78 is 11.7. The molecule has 0 saturated carbocycles. The Labute approximate surface area is 254 Å². The van der Waals surface area contributed by atoms with Crippen molar-refractivity contribution in [2.24, 2.45) is 5.73 Å². The summed E-state index contributed by atoms with van der Waals surface area (Å²) in [5, 5.41) is 15.1. The lowest BCUT2D eigenvalue weighted by molar-refractivity contribution is -0.152. The number of carbonyl (C=O) groups is 3. The van der Waals surface area contributed by atoms with E-state index in [4.69, 9.17) is 20.6 Å². The first-order valence-electron chi connectivity index (χ1n) is 14.3. The van der Waals surface area contributed by atoms with Crippen LogP contribution in [0.3, 0.4) is 0 Å². The topological polar surface area (TPSA) is 147 Å². The summed E-state index contributed by atoms with van der Waals surface area (Å²) in [6, 6.07) is 14.4. The average molecular weight is 602 g/mol. The van der Waals surface area contributed by atoms with Crippen molar-refractivity contribution in [2.45, 2.75) is 50.5 Å². The molecular weight excluding hydrogens is 566 g/mol. The first-order valence-corrected chi connectivity index (χ1v) is 15.2. The highest BCUT2D eigenvalue weighted by Crippen LogP contribution is 2.48. The SMILES string of the molecule is C[C@@H](NC(=O)C1CC2(CN1C(=O)CNC(=O)c1ccc3c(c1)-c1ccccc1C3(C)C)OCCO2)c1cc(C(=N)N)cs1. The van der Waals surface area contributed by atoms with Gasteiger partial charge in [0.1, 0.15) is 11.9 Å². The van der Waals surface area contributed by atoms with Crippen LogP contribution in [0.1, 0.15) is 65.2 Å². The zero-order valence-electron chi connectivity index (χ0n) is 24.4. The van der Waals surface area contributed by atoms with E-state index in [1.807, 2.05) is 31.2 Å². The largest absolute Gasteiger partial charge is 0.384 e. The van der Waals surface area contributed by atoms with E-state index in [9.17, 15) is 14.4 Å². The van der Waals surface area contributed by atoms with Crippen LogP contribution in [-0.2, 0) is 24.5 Å². The maximum Gasteiger partial charge on any atom is 0.251 e. The van der Waals surface area contributed by atoms with Gasteiger partial charge in [-0.3, -0.25) is 19.8 Å². The van der Waals surface area contributed by atoms with Crippen molar-refractivity contribution >= 4 is 34.9 Å². The van der Waals surface area contributed by atoms with Gasteiger partial charge in [-0.15, -0.1) is 11.3 Å². The van der Waals surface area contributed by atoms with Gasteiger partial charge in [-0.2, -0.15) is 0 Å². The highest BCUT2D eigenvalue weighted by molar-refractivity contribution is 7.10. The number of amides is 3. The van der Waals surface area contributed by atoms with Crippen LogP contribution in [0.25, 0.3) is 11.1 Å². The Morgan fingerprint density at radius 2 is 1.79 bits per heavy atom. The molecular formula is C32H35N5O5S. The molecule has 3 heterocycles. The standard InChI is InChI=1S/C32H35N5O5S/c1-18(26-13-20(16-43-26)28(33)34)36-30(40)25-14-32(41-10-11-42-32)17-37(25)27(38)15-35-29(39)19-8-9-24-22(12-19)21-6-4-5-7-23(21)31(24,2)3/h4-9,12-13,16,18,25H,10-11,14-15,17H2,1-3H3,(H3,33,34)(H,35,39)(H,36,40)/t18-,25?/m1/s1. The van der Waals surface area contributed by atoms with Gasteiger partial charge in [0.25, 0.3) is 5.91 Å². The number of carbonyl (C=O) groups excluding carboxylic acids is 3. The summed E-state index contributed by atoms with van der Waals surface area (Å²) in [5.74, 6) is -2.20. The van der Waals surface area contributed by atoms with Crippen molar-refractivity contribution in [1.82, 2.24) is 15.5 Å². The second-order valence-corrected chi connectivity index (χ2v) is 12.8. The Hall–Kier alpha value is -4.06. The Bertz CT molecular complexity index is 1630. The van der Waals surface area contributed by atoms with E-state index in [2.05, 4.69) is 36.6 Å². The van der Waals surface area contributed by atoms with Crippen LogP contribution in [0.4, 0.5) is 0 Å². The maximum atomic E-state index is 13.5. The van der Waals surface area contributed by atoms with Crippen LogP contribution >= 0.6 is 11.3 Å². The number of nitrogens with one attached hydrogen (secondary N) is 3. The Balaban J connectivity index is 1.15. The molecule has 10 nitrogen and oxygen atoms in total. The molecule has 2 aromatic carbocycles. The minimum absolute atomic E-state index is 0.0401. The fourth-order valence-corrected chi connectivity index (χ4v) is 7.28. The number of hydrogen-bond acceptors (Lipinski definition) is 7. The molecule has 3 aliphatic rings. The molecule has 1 spiro atoms. The van der Waals surface area contributed by atoms with Crippen molar-refractivity contribution in [1.29, 1.82) is 5.41 Å². The molecule has 2 atom stereocenters. The van der Waals surface area contributed by atoms with Crippen LogP contribution in [0.5, 0.6) is 0 Å². The number of amidine groups is 1. The molecule has 1 aliphatic carbocycles. The fourth-order valence-electron chi connectivity index (χ4n) is 6.36. The first-order chi connectivity index (χ1) is 20.5. The van der Waals surface area contributed by atoms with E-state index >= 15 is 0 Å². The minimum Gasteiger partial charge on any atom is -0.384 e. The van der Waals surface area contributed by atoms with Gasteiger partial charge in [-0.05, 0) is 47.4 Å². The first kappa shape index (κ1) is 29.0. The van der Waals surface area contributed by atoms with Gasteiger partial charge in [0.2, 0.25) is 11.8 Å². The number of likely N-dealkylation sites (tertiary alicyclic amines) is 1. The van der Waals surface area contributed by atoms with Gasteiger partial charge in [0.05, 0.1) is 32.3 Å². The summed E-state index contributed by atoms with van der Waals surface area (Å²) in [7, 11) is 0. The van der Waals surface area contributed by atoms with Crippen molar-refractivity contribution in [2.75, 3.05) is 26.3 Å². The highest BCUT2D eigenvalue weighted by Gasteiger charge is 2.52. The van der Waals surface area contributed by atoms with Crippen molar-refractivity contribution < 1.29 is 23.9 Å². The van der Waals surface area contributed by atoms with Gasteiger partial charge >= 0.3 is 0 Å². The van der Waals surface area contributed by atoms with Crippen LogP contribution < -0.4 is 16.4 Å². The lowest BCUT2D eigenvalue weighted by Gasteiger charge is -2.25. The van der Waals surface area contributed by atoms with E-state index in [0.717, 1.165) is 21.6 Å². The zero-order chi connectivity index (χ0) is 30.5. The van der Waals surface area contributed by atoms with Crippen LogP contribution in [-0.4, -0.2) is 66.6 Å². The summed E-state index contributed by atoms with van der Waals surface area (Å²) in [6.45, 7) is 6.76. The molecule has 2 saturated heterocycles. The summed E-state index contributed by atoms with van der Waals surface area (Å²) >= 11 is 1.40. The number of hydrogen-bond donors (Lipinski definition) is 4. The van der Waals surface area contributed by atoms with E-state index < -0.39 is 17.7 Å². The summed E-state index contributed by atoms with van der Waals surface area (Å²) in [6.07, 6.45) is 0.189. The smallest absolute Gasteiger partial charge is 0.251 e. The van der Waals surface area contributed by atoms with Gasteiger partial charge in [-0.1, -0.05) is 44.2 Å². The zero-order valence-corrected chi connectivity index (χ0v) is 25.2. The quantitative estimate of drug-likeness (QED) is 0.241. The molecule has 43 heavy (non-hydrogen) atoms. The normalized spacial score (nSPS) is 20.0. The predicted molar refractivity (Wildman–Crippen MR) is 163 cm³/mol. The van der Waals surface area contributed by atoms with Gasteiger partial charge in [0.15, 0.2) is 5.79 Å². The van der Waals surface area contributed by atoms with E-state index in [1.54, 1.807) is 17.5 Å². The maximum absolute atomic E-state index is 13.5. The molecule has 3 amide bonds. The Morgan fingerprint density at radius 3 is 2.51 bits per heavy atom. The molecule has 11 heteroatoms. The van der Waals surface area contributed by atoms with Crippen LogP contribution in [0.2, 0.25) is 0 Å². The molecule has 6 rings (SSSR count). The van der Waals surface area contributed by atoms with Crippen LogP contribution in [0, 0.1) is 5.41 Å². The third-order valence-corrected chi connectivity index (χ3v) is 9.81. The molecule has 224 valence electrons. The second-order valence-electron chi connectivity index (χ2n) is 11.8. The van der Waals surface area contributed by atoms with E-state index in [0.29, 0.717) is 24.3 Å². The Kier molecular flexibility index (Phi) is 7.35. The fraction of sp³-hybridized carbons (Fsp3) is 0.375. The van der Waals surface area contributed by atoms with Gasteiger partial charge in [0, 0.05) is 33.2 Å². The second kappa shape index (κ2) is 10.9. The van der Waals surface area contributed by atoms with Gasteiger partial charge in [-0.25, -0.2) is 0 Å². The lowest BCUT2D eigenvalue weighted by atomic mass is 9.82. The van der Waals surface area contributed by atoms with Gasteiger partial charge < -0.3 is 30.7 Å². The number of ether oxygens (including phenoxy) is 2. The third-order valence-electron chi connectivity index (χ3n) is 8.69. The number of nitrogens with two attached hydrogens (primary N) is 1. The monoisotopic (exact) mass is 601 g/mol. The van der Waals surface area contributed by atoms with Crippen molar-refractivity contribution in [3.05, 3.63) is 81.0 Å². The van der Waals surface area contributed by atoms with E-state index in [-0.39, 0.29) is 48.6 Å². The molecule has 0 radical (unpaired) electrons. The number of rotatable bonds is 7. The number of nitrogen functional groups attached to an aromatic ring is 1. The molecule has 3 aromatic rings. The number of benzene rings is 2. The van der Waals surface area contributed by atoms with Crippen molar-refractivity contribution in [3.63, 3.8) is 0 Å². The minimum atomic E-state index is -1.05. The molecule has 0 bridgehead atoms. The molecule has 1 unspecified atom stereocenters. The summed E-state index contributed by atoms with van der Waals surface area (Å²) in [4.78, 5) is 42.5. The Morgan fingerprint density at radius 1 is 1.07 bits per heavy atom. The van der Waals surface area contributed by atoms with E-state index in [1.165, 1.54) is 21.8 Å². The third kappa shape index (κ3) is 5.21. The summed E-state index contributed by atoms with van der Waals surface area (Å²) in [5.41, 5.74) is 11.0. The molecule has 1 aromatic heterocycles. The molecule has 2 aliphatic heterocycles. The average Bonchev–Trinajstić information content (AvgIpc) is 3.78. The van der Waals surface area contributed by atoms with Crippen molar-refractivity contribution in [3.8, 4) is 11.1 Å². The molecule has 2 fully saturated rings. The number of thiophene rings is 1. The highest BCUT2D eigenvalue weighted by atomic mass is 32.1. The lowest BCUT2D eigenvalue weighted by Crippen LogP contribution is -2.49. The molecule has 5 N–H and O–H groups in total.